The maximum Gasteiger partial charge on any atom is 0.243 e. The SMILES string of the molecule is Cc1ccc(NC(=O)CN(C)C(=O)CSc2ncccn2)cc1. The highest BCUT2D eigenvalue weighted by Gasteiger charge is 2.14. The van der Waals surface area contributed by atoms with Crippen LogP contribution in [-0.2, 0) is 9.59 Å². The van der Waals surface area contributed by atoms with Crippen LogP contribution in [0.4, 0.5) is 5.69 Å². The van der Waals surface area contributed by atoms with Crippen molar-refractivity contribution < 1.29 is 9.59 Å². The summed E-state index contributed by atoms with van der Waals surface area (Å²) in [5.41, 5.74) is 1.84. The lowest BCUT2D eigenvalue weighted by atomic mass is 10.2. The molecule has 1 heterocycles. The third kappa shape index (κ3) is 5.71. The molecule has 2 aromatic rings. The van der Waals surface area contributed by atoms with Gasteiger partial charge >= 0.3 is 0 Å². The molecular weight excluding hydrogens is 312 g/mol. The average Bonchev–Trinajstić information content (AvgIpc) is 2.55. The Balaban J connectivity index is 1.78. The number of likely N-dealkylation sites (N-methyl/N-ethyl adjacent to an activating group) is 1. The maximum atomic E-state index is 12.0. The lowest BCUT2D eigenvalue weighted by molar-refractivity contribution is -0.131. The molecule has 2 amide bonds. The number of aryl methyl sites for hydroxylation is 1. The summed E-state index contributed by atoms with van der Waals surface area (Å²) in [6.07, 6.45) is 3.25. The van der Waals surface area contributed by atoms with E-state index < -0.39 is 0 Å². The second kappa shape index (κ2) is 8.28. The van der Waals surface area contributed by atoms with Gasteiger partial charge in [0.2, 0.25) is 11.8 Å². The zero-order valence-corrected chi connectivity index (χ0v) is 13.8. The number of carbonyl (C=O) groups is 2. The minimum atomic E-state index is -0.231. The highest BCUT2D eigenvalue weighted by atomic mass is 32.2. The van der Waals surface area contributed by atoms with Crippen molar-refractivity contribution in [2.75, 3.05) is 24.7 Å². The summed E-state index contributed by atoms with van der Waals surface area (Å²) in [6.45, 7) is 1.98. The average molecular weight is 330 g/mol. The standard InChI is InChI=1S/C16H18N4O2S/c1-12-4-6-13(7-5-12)19-14(21)10-20(2)15(22)11-23-16-17-8-3-9-18-16/h3-9H,10-11H2,1-2H3,(H,19,21). The van der Waals surface area contributed by atoms with Crippen LogP contribution in [0.5, 0.6) is 0 Å². The Bertz CT molecular complexity index is 662. The van der Waals surface area contributed by atoms with Gasteiger partial charge in [-0.3, -0.25) is 9.59 Å². The topological polar surface area (TPSA) is 75.2 Å². The molecule has 0 aliphatic heterocycles. The van der Waals surface area contributed by atoms with Crippen molar-refractivity contribution in [3.63, 3.8) is 0 Å². The van der Waals surface area contributed by atoms with Gasteiger partial charge in [0, 0.05) is 25.1 Å². The van der Waals surface area contributed by atoms with Gasteiger partial charge in [-0.2, -0.15) is 0 Å². The minimum absolute atomic E-state index is 0.00289. The molecule has 0 bridgehead atoms. The van der Waals surface area contributed by atoms with Crippen molar-refractivity contribution in [1.29, 1.82) is 0 Å². The van der Waals surface area contributed by atoms with Gasteiger partial charge in [-0.1, -0.05) is 29.5 Å². The lowest BCUT2D eigenvalue weighted by Crippen LogP contribution is -2.35. The molecule has 1 aromatic carbocycles. The molecule has 0 atom stereocenters. The Morgan fingerprint density at radius 1 is 1.17 bits per heavy atom. The van der Waals surface area contributed by atoms with Gasteiger partial charge in [0.25, 0.3) is 0 Å². The van der Waals surface area contributed by atoms with Gasteiger partial charge in [-0.05, 0) is 25.1 Å². The first-order valence-corrected chi connectivity index (χ1v) is 8.03. The second-order valence-electron chi connectivity index (χ2n) is 4.98. The summed E-state index contributed by atoms with van der Waals surface area (Å²) < 4.78 is 0. The van der Waals surface area contributed by atoms with Crippen LogP contribution in [0.15, 0.2) is 47.9 Å². The zero-order chi connectivity index (χ0) is 16.7. The molecule has 0 fully saturated rings. The Labute approximate surface area is 139 Å². The molecule has 0 radical (unpaired) electrons. The Morgan fingerprint density at radius 2 is 1.83 bits per heavy atom. The van der Waals surface area contributed by atoms with Crippen LogP contribution in [0.3, 0.4) is 0 Å². The van der Waals surface area contributed by atoms with E-state index in [9.17, 15) is 9.59 Å². The highest BCUT2D eigenvalue weighted by Crippen LogP contribution is 2.12. The quantitative estimate of drug-likeness (QED) is 0.647. The lowest BCUT2D eigenvalue weighted by Gasteiger charge is -2.16. The zero-order valence-electron chi connectivity index (χ0n) is 13.0. The summed E-state index contributed by atoms with van der Waals surface area (Å²) in [6, 6.07) is 9.21. The molecule has 0 spiro atoms. The Kier molecular flexibility index (Phi) is 6.10. The number of aromatic nitrogens is 2. The van der Waals surface area contributed by atoms with Crippen LogP contribution in [0.25, 0.3) is 0 Å². The fourth-order valence-corrected chi connectivity index (χ4v) is 2.48. The predicted molar refractivity (Wildman–Crippen MR) is 90.2 cm³/mol. The van der Waals surface area contributed by atoms with Gasteiger partial charge in [0.1, 0.15) is 0 Å². The number of amides is 2. The van der Waals surface area contributed by atoms with E-state index in [1.165, 1.54) is 16.7 Å². The number of carbonyl (C=O) groups excluding carboxylic acids is 2. The van der Waals surface area contributed by atoms with Crippen molar-refractivity contribution in [3.8, 4) is 0 Å². The van der Waals surface area contributed by atoms with E-state index in [1.807, 2.05) is 31.2 Å². The molecule has 7 heteroatoms. The molecule has 0 aliphatic carbocycles. The number of hydrogen-bond donors (Lipinski definition) is 1. The van der Waals surface area contributed by atoms with Crippen molar-refractivity contribution >= 4 is 29.3 Å². The largest absolute Gasteiger partial charge is 0.336 e. The van der Waals surface area contributed by atoms with Crippen molar-refractivity contribution in [2.24, 2.45) is 0 Å². The van der Waals surface area contributed by atoms with Crippen LogP contribution in [0.1, 0.15) is 5.56 Å². The summed E-state index contributed by atoms with van der Waals surface area (Å²) >= 11 is 1.24. The number of benzene rings is 1. The first kappa shape index (κ1) is 17.0. The maximum absolute atomic E-state index is 12.0. The van der Waals surface area contributed by atoms with E-state index in [0.717, 1.165) is 5.56 Å². The first-order chi connectivity index (χ1) is 11.0. The number of hydrogen-bond acceptors (Lipinski definition) is 5. The monoisotopic (exact) mass is 330 g/mol. The van der Waals surface area contributed by atoms with Gasteiger partial charge in [0.15, 0.2) is 5.16 Å². The summed E-state index contributed by atoms with van der Waals surface area (Å²) in [5, 5.41) is 3.30. The fraction of sp³-hybridized carbons (Fsp3) is 0.250. The smallest absolute Gasteiger partial charge is 0.243 e. The van der Waals surface area contributed by atoms with E-state index in [1.54, 1.807) is 25.5 Å². The number of nitrogens with one attached hydrogen (secondary N) is 1. The van der Waals surface area contributed by atoms with Crippen molar-refractivity contribution in [1.82, 2.24) is 14.9 Å². The fourth-order valence-electron chi connectivity index (χ4n) is 1.74. The molecule has 0 saturated heterocycles. The van der Waals surface area contributed by atoms with E-state index >= 15 is 0 Å². The van der Waals surface area contributed by atoms with Crippen LogP contribution >= 0.6 is 11.8 Å². The normalized spacial score (nSPS) is 10.2. The van der Waals surface area contributed by atoms with Gasteiger partial charge in [-0.15, -0.1) is 0 Å². The predicted octanol–water partition coefficient (Wildman–Crippen LogP) is 1.97. The minimum Gasteiger partial charge on any atom is -0.336 e. The highest BCUT2D eigenvalue weighted by molar-refractivity contribution is 7.99. The third-order valence-corrected chi connectivity index (χ3v) is 3.87. The molecule has 0 saturated carbocycles. The summed E-state index contributed by atoms with van der Waals surface area (Å²) in [4.78, 5) is 33.4. The molecule has 23 heavy (non-hydrogen) atoms. The summed E-state index contributed by atoms with van der Waals surface area (Å²) in [5.74, 6) is -0.189. The van der Waals surface area contributed by atoms with Crippen molar-refractivity contribution in [3.05, 3.63) is 48.3 Å². The molecule has 2 rings (SSSR count). The van der Waals surface area contributed by atoms with E-state index in [0.29, 0.717) is 10.8 Å². The van der Waals surface area contributed by atoms with E-state index in [-0.39, 0.29) is 24.1 Å². The summed E-state index contributed by atoms with van der Waals surface area (Å²) in [7, 11) is 1.60. The molecule has 1 aromatic heterocycles. The number of nitrogens with zero attached hydrogens (tertiary/aromatic N) is 3. The Hall–Kier alpha value is -2.41. The van der Waals surface area contributed by atoms with Crippen molar-refractivity contribution in [2.45, 2.75) is 12.1 Å². The van der Waals surface area contributed by atoms with E-state index in [2.05, 4.69) is 15.3 Å². The molecule has 6 nitrogen and oxygen atoms in total. The van der Waals surface area contributed by atoms with Crippen LogP contribution in [-0.4, -0.2) is 46.0 Å². The Morgan fingerprint density at radius 3 is 2.48 bits per heavy atom. The molecule has 0 aliphatic rings. The second-order valence-corrected chi connectivity index (χ2v) is 5.93. The van der Waals surface area contributed by atoms with Gasteiger partial charge in [-0.25, -0.2) is 9.97 Å². The van der Waals surface area contributed by atoms with Crippen LogP contribution in [0.2, 0.25) is 0 Å². The first-order valence-electron chi connectivity index (χ1n) is 7.05. The molecule has 120 valence electrons. The molecular formula is C16H18N4O2S. The number of rotatable bonds is 6. The van der Waals surface area contributed by atoms with E-state index in [4.69, 9.17) is 0 Å². The van der Waals surface area contributed by atoms with Crippen LogP contribution in [0, 0.1) is 6.92 Å². The third-order valence-electron chi connectivity index (χ3n) is 3.01. The van der Waals surface area contributed by atoms with Gasteiger partial charge < -0.3 is 10.2 Å². The van der Waals surface area contributed by atoms with Crippen LogP contribution < -0.4 is 5.32 Å². The molecule has 0 unspecified atom stereocenters. The number of thioether (sulfide) groups is 1. The molecule has 1 N–H and O–H groups in total. The number of anilines is 1. The van der Waals surface area contributed by atoms with Gasteiger partial charge in [0.05, 0.1) is 12.3 Å².